The maximum atomic E-state index is 6.30. The smallest absolute Gasteiger partial charge is 0.0983 e. The molecule has 0 atom stereocenters. The van der Waals surface area contributed by atoms with Gasteiger partial charge in [0, 0.05) is 36.5 Å². The number of aromatic nitrogens is 2. The molecule has 0 saturated heterocycles. The van der Waals surface area contributed by atoms with Crippen LogP contribution < -0.4 is 5.32 Å². The van der Waals surface area contributed by atoms with Crippen molar-refractivity contribution in [3.8, 4) is 11.3 Å². The molecule has 0 aliphatic rings. The van der Waals surface area contributed by atoms with Crippen molar-refractivity contribution in [2.45, 2.75) is 32.9 Å². The molecule has 5 heteroatoms. The molecular formula is C15H19Cl2N3. The van der Waals surface area contributed by atoms with Gasteiger partial charge >= 0.3 is 0 Å². The molecule has 1 aromatic heterocycles. The topological polar surface area (TPSA) is 29.9 Å². The Kier molecular flexibility index (Phi) is 4.43. The molecule has 0 aliphatic carbocycles. The summed E-state index contributed by atoms with van der Waals surface area (Å²) in [7, 11) is 1.91. The highest BCUT2D eigenvalue weighted by molar-refractivity contribution is 6.43. The molecule has 1 aromatic carbocycles. The van der Waals surface area contributed by atoms with Gasteiger partial charge in [0.15, 0.2) is 0 Å². The van der Waals surface area contributed by atoms with E-state index in [0.717, 1.165) is 23.4 Å². The number of benzene rings is 1. The van der Waals surface area contributed by atoms with E-state index < -0.39 is 0 Å². The van der Waals surface area contributed by atoms with Crippen LogP contribution in [0.15, 0.2) is 24.4 Å². The molecule has 2 aromatic rings. The van der Waals surface area contributed by atoms with Crippen LogP contribution in [0.5, 0.6) is 0 Å². The molecule has 20 heavy (non-hydrogen) atoms. The summed E-state index contributed by atoms with van der Waals surface area (Å²) in [5.74, 6) is 0. The Labute approximate surface area is 129 Å². The number of hydrogen-bond acceptors (Lipinski definition) is 2. The summed E-state index contributed by atoms with van der Waals surface area (Å²) in [6.07, 6.45) is 2.01. The Morgan fingerprint density at radius 2 is 1.95 bits per heavy atom. The summed E-state index contributed by atoms with van der Waals surface area (Å²) >= 11 is 12.4. The lowest BCUT2D eigenvalue weighted by atomic mass is 10.1. The molecular weight excluding hydrogens is 293 g/mol. The van der Waals surface area contributed by atoms with Crippen LogP contribution in [0.2, 0.25) is 10.0 Å². The lowest BCUT2D eigenvalue weighted by Gasteiger charge is -2.20. The minimum atomic E-state index is 0.0469. The number of aryl methyl sites for hydroxylation is 1. The normalized spacial score (nSPS) is 11.9. The second-order valence-electron chi connectivity index (χ2n) is 5.88. The van der Waals surface area contributed by atoms with Crippen molar-refractivity contribution in [1.82, 2.24) is 15.1 Å². The number of nitrogens with one attached hydrogen (secondary N) is 1. The summed E-state index contributed by atoms with van der Waals surface area (Å²) in [5.41, 5.74) is 2.89. The quantitative estimate of drug-likeness (QED) is 0.916. The van der Waals surface area contributed by atoms with Crippen molar-refractivity contribution in [2.75, 3.05) is 0 Å². The number of nitrogens with zero attached hydrogens (tertiary/aromatic N) is 2. The van der Waals surface area contributed by atoms with Gasteiger partial charge < -0.3 is 5.32 Å². The van der Waals surface area contributed by atoms with Gasteiger partial charge in [-0.25, -0.2) is 0 Å². The van der Waals surface area contributed by atoms with Crippen LogP contribution in [0.4, 0.5) is 0 Å². The first-order valence-corrected chi connectivity index (χ1v) is 7.25. The molecule has 0 spiro atoms. The van der Waals surface area contributed by atoms with Crippen molar-refractivity contribution in [2.24, 2.45) is 7.05 Å². The highest BCUT2D eigenvalue weighted by Gasteiger charge is 2.16. The van der Waals surface area contributed by atoms with Crippen LogP contribution in [0.25, 0.3) is 11.3 Å². The van der Waals surface area contributed by atoms with Crippen molar-refractivity contribution >= 4 is 23.2 Å². The molecule has 0 aliphatic heterocycles. The molecule has 3 nitrogen and oxygen atoms in total. The van der Waals surface area contributed by atoms with E-state index in [4.69, 9.17) is 23.2 Å². The van der Waals surface area contributed by atoms with Gasteiger partial charge in [0.05, 0.1) is 15.7 Å². The van der Waals surface area contributed by atoms with Gasteiger partial charge in [0.25, 0.3) is 0 Å². The molecule has 0 bridgehead atoms. The first-order valence-electron chi connectivity index (χ1n) is 6.50. The van der Waals surface area contributed by atoms with Crippen LogP contribution >= 0.6 is 23.2 Å². The highest BCUT2D eigenvalue weighted by atomic mass is 35.5. The van der Waals surface area contributed by atoms with Crippen molar-refractivity contribution < 1.29 is 0 Å². The van der Waals surface area contributed by atoms with E-state index in [2.05, 4.69) is 31.2 Å². The lowest BCUT2D eigenvalue weighted by molar-refractivity contribution is 0.424. The van der Waals surface area contributed by atoms with Crippen LogP contribution in [-0.4, -0.2) is 15.3 Å². The average Bonchev–Trinajstić information content (AvgIpc) is 2.70. The van der Waals surface area contributed by atoms with E-state index in [1.54, 1.807) is 10.7 Å². The number of halogens is 2. The fraction of sp³-hybridized carbons (Fsp3) is 0.400. The predicted octanol–water partition coefficient (Wildman–Crippen LogP) is 4.28. The van der Waals surface area contributed by atoms with Crippen molar-refractivity contribution in [1.29, 1.82) is 0 Å². The first kappa shape index (κ1) is 15.4. The third-order valence-corrected chi connectivity index (χ3v) is 3.74. The molecule has 1 heterocycles. The zero-order valence-corrected chi connectivity index (χ0v) is 13.7. The third-order valence-electron chi connectivity index (χ3n) is 2.92. The van der Waals surface area contributed by atoms with Gasteiger partial charge in [-0.2, -0.15) is 5.10 Å². The molecule has 108 valence electrons. The summed E-state index contributed by atoms with van der Waals surface area (Å²) in [6, 6.07) is 5.61. The van der Waals surface area contributed by atoms with Gasteiger partial charge in [0.1, 0.15) is 0 Å². The Bertz CT molecular complexity index is 612. The van der Waals surface area contributed by atoms with Gasteiger partial charge in [-0.3, -0.25) is 4.68 Å². The maximum absolute atomic E-state index is 6.30. The molecule has 0 radical (unpaired) electrons. The maximum Gasteiger partial charge on any atom is 0.0983 e. The van der Waals surface area contributed by atoms with E-state index in [1.165, 1.54) is 0 Å². The Balaban J connectivity index is 2.39. The minimum absolute atomic E-state index is 0.0469. The summed E-state index contributed by atoms with van der Waals surface area (Å²) in [4.78, 5) is 0. The van der Waals surface area contributed by atoms with E-state index in [-0.39, 0.29) is 5.54 Å². The summed E-state index contributed by atoms with van der Waals surface area (Å²) in [5, 5.41) is 9.08. The zero-order valence-electron chi connectivity index (χ0n) is 12.2. The monoisotopic (exact) mass is 311 g/mol. The summed E-state index contributed by atoms with van der Waals surface area (Å²) in [6.45, 7) is 7.13. The molecule has 2 rings (SSSR count). The fourth-order valence-corrected chi connectivity index (χ4v) is 2.33. The Morgan fingerprint density at radius 3 is 2.60 bits per heavy atom. The largest absolute Gasteiger partial charge is 0.308 e. The molecule has 0 fully saturated rings. The minimum Gasteiger partial charge on any atom is -0.308 e. The van der Waals surface area contributed by atoms with Crippen LogP contribution in [0.3, 0.4) is 0 Å². The number of rotatable bonds is 3. The van der Waals surface area contributed by atoms with Crippen molar-refractivity contribution in [3.05, 3.63) is 40.0 Å². The first-order chi connectivity index (χ1) is 9.28. The molecule has 1 N–H and O–H groups in total. The summed E-state index contributed by atoms with van der Waals surface area (Å²) < 4.78 is 1.80. The lowest BCUT2D eigenvalue weighted by Crippen LogP contribution is -2.35. The predicted molar refractivity (Wildman–Crippen MR) is 85.3 cm³/mol. The third kappa shape index (κ3) is 3.54. The van der Waals surface area contributed by atoms with Gasteiger partial charge in [-0.05, 0) is 26.8 Å². The van der Waals surface area contributed by atoms with Crippen LogP contribution in [0.1, 0.15) is 26.3 Å². The van der Waals surface area contributed by atoms with Crippen LogP contribution in [0, 0.1) is 0 Å². The number of hydrogen-bond donors (Lipinski definition) is 1. The average molecular weight is 312 g/mol. The molecule has 0 amide bonds. The van der Waals surface area contributed by atoms with E-state index in [1.807, 2.05) is 25.4 Å². The Hall–Kier alpha value is -1.03. The van der Waals surface area contributed by atoms with Crippen molar-refractivity contribution in [3.63, 3.8) is 0 Å². The van der Waals surface area contributed by atoms with E-state index in [0.29, 0.717) is 10.0 Å². The van der Waals surface area contributed by atoms with E-state index in [9.17, 15) is 0 Å². The highest BCUT2D eigenvalue weighted by Crippen LogP contribution is 2.34. The fourth-order valence-electron chi connectivity index (χ4n) is 1.94. The SMILES string of the molecule is Cn1cc(CNC(C)(C)C)c(-c2cccc(Cl)c2Cl)n1. The zero-order chi connectivity index (χ0) is 14.9. The van der Waals surface area contributed by atoms with Gasteiger partial charge in [-0.1, -0.05) is 35.3 Å². The Morgan fingerprint density at radius 1 is 1.25 bits per heavy atom. The second kappa shape index (κ2) is 5.76. The standard InChI is InChI=1S/C15H19Cl2N3/c1-15(2,3)18-8-10-9-20(4)19-14(10)11-6-5-7-12(16)13(11)17/h5-7,9,18H,8H2,1-4H3. The van der Waals surface area contributed by atoms with Crippen LogP contribution in [-0.2, 0) is 13.6 Å². The molecule has 0 saturated carbocycles. The molecule has 0 unspecified atom stereocenters. The van der Waals surface area contributed by atoms with E-state index >= 15 is 0 Å². The van der Waals surface area contributed by atoms with Gasteiger partial charge in [-0.15, -0.1) is 0 Å². The van der Waals surface area contributed by atoms with Gasteiger partial charge in [0.2, 0.25) is 0 Å². The second-order valence-corrected chi connectivity index (χ2v) is 6.67.